The number of carbonyl (C=O) groups is 2. The lowest BCUT2D eigenvalue weighted by atomic mass is 9.85. The summed E-state index contributed by atoms with van der Waals surface area (Å²) in [6.45, 7) is 2.88. The van der Waals surface area contributed by atoms with Gasteiger partial charge in [0.2, 0.25) is 0 Å². The number of phosphoric ester groups is 3. The van der Waals surface area contributed by atoms with Gasteiger partial charge in [-0.05, 0) is 51.4 Å². The molecule has 8 N–H and O–H groups in total. The van der Waals surface area contributed by atoms with Gasteiger partial charge in [0.05, 0.1) is 6.61 Å². The van der Waals surface area contributed by atoms with Crippen LogP contribution in [-0.2, 0) is 50.9 Å². The first-order valence-corrected chi connectivity index (χ1v) is 29.5. The van der Waals surface area contributed by atoms with Crippen molar-refractivity contribution in [1.29, 1.82) is 0 Å². The van der Waals surface area contributed by atoms with E-state index in [1.54, 1.807) is 0 Å². The second-order valence-electron chi connectivity index (χ2n) is 17.4. The molecule has 1 rings (SSSR count). The first-order chi connectivity index (χ1) is 32.8. The molecule has 1 fully saturated rings. The molecular formula is C47H85O19P3. The number of aliphatic hydroxyl groups excluding tert-OH is 3. The normalized spacial score (nSPS) is 21.7. The molecule has 1 aliphatic carbocycles. The molecule has 0 radical (unpaired) electrons. The monoisotopic (exact) mass is 1050 g/mol. The van der Waals surface area contributed by atoms with Gasteiger partial charge in [-0.3, -0.25) is 27.7 Å². The van der Waals surface area contributed by atoms with E-state index in [1.807, 2.05) is 18.2 Å². The zero-order valence-electron chi connectivity index (χ0n) is 40.9. The summed E-state index contributed by atoms with van der Waals surface area (Å²) in [5.41, 5.74) is 0. The highest BCUT2D eigenvalue weighted by molar-refractivity contribution is 7.47. The van der Waals surface area contributed by atoms with Gasteiger partial charge in [0.15, 0.2) is 6.10 Å². The predicted octanol–water partition coefficient (Wildman–Crippen LogP) is 9.40. The molecule has 1 aliphatic rings. The topological polar surface area (TPSA) is 303 Å². The number of phosphoric acid groups is 3. The van der Waals surface area contributed by atoms with Crippen molar-refractivity contribution < 1.29 is 90.6 Å². The molecule has 0 aromatic carbocycles. The van der Waals surface area contributed by atoms with Crippen molar-refractivity contribution in [1.82, 2.24) is 0 Å². The van der Waals surface area contributed by atoms with Crippen LogP contribution in [0, 0.1) is 0 Å². The van der Waals surface area contributed by atoms with Crippen LogP contribution in [0.15, 0.2) is 48.6 Å². The number of rotatable bonds is 42. The molecule has 0 bridgehead atoms. The second-order valence-corrected chi connectivity index (χ2v) is 21.2. The van der Waals surface area contributed by atoms with Gasteiger partial charge >= 0.3 is 35.4 Å². The number of aliphatic hydroxyl groups is 3. The summed E-state index contributed by atoms with van der Waals surface area (Å²) in [6.07, 6.45) is 25.6. The summed E-state index contributed by atoms with van der Waals surface area (Å²) in [4.78, 5) is 73.3. The van der Waals surface area contributed by atoms with Crippen molar-refractivity contribution >= 4 is 35.4 Å². The largest absolute Gasteiger partial charge is 0.472 e. The maximum absolute atomic E-state index is 13.1. The Balaban J connectivity index is 2.75. The molecule has 0 aromatic heterocycles. The lowest BCUT2D eigenvalue weighted by molar-refractivity contribution is -0.213. The van der Waals surface area contributed by atoms with Crippen molar-refractivity contribution in [3.05, 3.63) is 48.6 Å². The highest BCUT2D eigenvalue weighted by Gasteiger charge is 2.56. The zero-order chi connectivity index (χ0) is 51.4. The number of esters is 2. The van der Waals surface area contributed by atoms with Gasteiger partial charge in [0.25, 0.3) is 0 Å². The van der Waals surface area contributed by atoms with Crippen LogP contribution < -0.4 is 0 Å². The van der Waals surface area contributed by atoms with E-state index in [0.29, 0.717) is 25.7 Å². The summed E-state index contributed by atoms with van der Waals surface area (Å²) in [5, 5.41) is 31.9. The van der Waals surface area contributed by atoms with E-state index >= 15 is 0 Å². The van der Waals surface area contributed by atoms with E-state index < -0.39 is 91.3 Å². The van der Waals surface area contributed by atoms with Gasteiger partial charge in [-0.15, -0.1) is 0 Å². The Morgan fingerprint density at radius 1 is 0.464 bits per heavy atom. The maximum atomic E-state index is 13.1. The molecular weight excluding hydrogens is 961 g/mol. The Kier molecular flexibility index (Phi) is 36.5. The first-order valence-electron chi connectivity index (χ1n) is 24.9. The molecule has 0 saturated heterocycles. The fourth-order valence-corrected chi connectivity index (χ4v) is 9.50. The minimum atomic E-state index is -5.61. The average molecular weight is 1050 g/mol. The highest BCUT2D eigenvalue weighted by atomic mass is 31.2. The molecule has 0 aliphatic heterocycles. The maximum Gasteiger partial charge on any atom is 0.472 e. The third-order valence-electron chi connectivity index (χ3n) is 11.1. The van der Waals surface area contributed by atoms with Crippen molar-refractivity contribution in [3.63, 3.8) is 0 Å². The van der Waals surface area contributed by atoms with Gasteiger partial charge in [0.1, 0.15) is 43.2 Å². The lowest BCUT2D eigenvalue weighted by Crippen LogP contribution is -2.65. The van der Waals surface area contributed by atoms with Crippen LogP contribution in [-0.4, -0.2) is 108 Å². The van der Waals surface area contributed by atoms with Crippen molar-refractivity contribution in [2.75, 3.05) is 13.2 Å². The lowest BCUT2D eigenvalue weighted by Gasteiger charge is -2.44. The fourth-order valence-electron chi connectivity index (χ4n) is 7.40. The Hall–Kier alpha value is -1.89. The van der Waals surface area contributed by atoms with Crippen molar-refractivity contribution in [2.45, 2.75) is 224 Å². The standard InChI is InChI=1S/C47H85O19P3/c1-3-5-7-9-11-13-15-17-19-20-22-24-26-28-30-32-34-36-41(49)63-39(37-61-40(48)35-33-31-29-27-25-23-21-18-16-14-12-10-8-6-4-2)38-62-69(59,60)66-45-42(50)43(51)46(64-67(53,54)55)47(44(45)52)65-68(56,57)58/h11,13,17,19,22,24,28,30,39,42-47,50-52H,3-10,12,14-16,18,20-21,23,25-27,29,31-38H2,1-2H3,(H,59,60)(H2,53,54,55)(H2,56,57,58)/b13-11+,19-17+,24-22+,30-28+. The van der Waals surface area contributed by atoms with Crippen LogP contribution in [0.1, 0.15) is 181 Å². The van der Waals surface area contributed by atoms with Crippen LogP contribution in [0.3, 0.4) is 0 Å². The van der Waals surface area contributed by atoms with Crippen LogP contribution in [0.2, 0.25) is 0 Å². The minimum absolute atomic E-state index is 0.0703. The number of hydrogen-bond donors (Lipinski definition) is 8. The molecule has 0 amide bonds. The Morgan fingerprint density at radius 2 is 0.855 bits per heavy atom. The number of carbonyl (C=O) groups excluding carboxylic acids is 2. The Morgan fingerprint density at radius 3 is 1.33 bits per heavy atom. The van der Waals surface area contributed by atoms with Gasteiger partial charge < -0.3 is 49.3 Å². The predicted molar refractivity (Wildman–Crippen MR) is 261 cm³/mol. The van der Waals surface area contributed by atoms with Gasteiger partial charge in [-0.1, -0.05) is 165 Å². The quantitative estimate of drug-likeness (QED) is 0.0122. The Bertz CT molecular complexity index is 1630. The number of allylic oxidation sites excluding steroid dienone is 8. The van der Waals surface area contributed by atoms with Gasteiger partial charge in [-0.25, -0.2) is 13.7 Å². The van der Waals surface area contributed by atoms with Crippen molar-refractivity contribution in [2.24, 2.45) is 0 Å². The molecule has 22 heteroatoms. The number of ether oxygens (including phenoxy) is 2. The Labute approximate surface area is 410 Å². The second kappa shape index (κ2) is 38.7. The molecule has 8 unspecified atom stereocenters. The summed E-state index contributed by atoms with van der Waals surface area (Å²) in [7, 11) is -16.6. The molecule has 19 nitrogen and oxygen atoms in total. The summed E-state index contributed by atoms with van der Waals surface area (Å²) in [6, 6.07) is 0. The molecule has 1 saturated carbocycles. The van der Waals surface area contributed by atoms with E-state index in [-0.39, 0.29) is 12.8 Å². The number of unbranched alkanes of at least 4 members (excludes halogenated alkanes) is 18. The SMILES string of the molecule is CCCCC/C=C/C/C=C/C/C=C/C/C=C/CCCC(=O)OC(COC(=O)CCCCCCCCCCCCCCCCC)COP(=O)(O)OC1C(O)C(O)C(OP(=O)(O)O)C(OP(=O)(O)O)C1O. The van der Waals surface area contributed by atoms with E-state index in [9.17, 15) is 63.1 Å². The average Bonchev–Trinajstić information content (AvgIpc) is 3.28. The molecule has 69 heavy (non-hydrogen) atoms. The first kappa shape index (κ1) is 65.1. The van der Waals surface area contributed by atoms with Crippen LogP contribution >= 0.6 is 23.5 Å². The molecule has 0 spiro atoms. The summed E-state index contributed by atoms with van der Waals surface area (Å²) in [5.74, 6) is -1.36. The van der Waals surface area contributed by atoms with E-state index in [1.165, 1.54) is 83.5 Å². The molecule has 8 atom stereocenters. The minimum Gasteiger partial charge on any atom is -0.462 e. The van der Waals surface area contributed by atoms with Crippen molar-refractivity contribution in [3.8, 4) is 0 Å². The third-order valence-corrected chi connectivity index (χ3v) is 13.2. The zero-order valence-corrected chi connectivity index (χ0v) is 43.6. The smallest absolute Gasteiger partial charge is 0.462 e. The summed E-state index contributed by atoms with van der Waals surface area (Å²) >= 11 is 0. The fraction of sp³-hybridized carbons (Fsp3) is 0.787. The van der Waals surface area contributed by atoms with Crippen LogP contribution in [0.5, 0.6) is 0 Å². The van der Waals surface area contributed by atoms with E-state index in [2.05, 4.69) is 53.3 Å². The highest BCUT2D eigenvalue weighted by Crippen LogP contribution is 2.51. The van der Waals surface area contributed by atoms with Crippen LogP contribution in [0.4, 0.5) is 0 Å². The molecule has 402 valence electrons. The third kappa shape index (κ3) is 35.0. The van der Waals surface area contributed by atoms with E-state index in [4.69, 9.17) is 18.5 Å². The molecule has 0 aromatic rings. The molecule has 0 heterocycles. The van der Waals surface area contributed by atoms with Gasteiger partial charge in [-0.2, -0.15) is 0 Å². The number of hydrogen-bond acceptors (Lipinski definition) is 14. The summed E-state index contributed by atoms with van der Waals surface area (Å²) < 4.78 is 65.5. The van der Waals surface area contributed by atoms with E-state index in [0.717, 1.165) is 44.9 Å². The van der Waals surface area contributed by atoms with Gasteiger partial charge in [0, 0.05) is 12.8 Å². The van der Waals surface area contributed by atoms with Crippen LogP contribution in [0.25, 0.3) is 0 Å².